The molecule has 0 fully saturated rings. The predicted octanol–water partition coefficient (Wildman–Crippen LogP) is 2.85. The van der Waals surface area contributed by atoms with Gasteiger partial charge in [-0.15, -0.1) is 0 Å². The van der Waals surface area contributed by atoms with Gasteiger partial charge in [-0.3, -0.25) is 9.59 Å². The average Bonchev–Trinajstić information content (AvgIpc) is 3.14. The van der Waals surface area contributed by atoms with E-state index < -0.39 is 28.9 Å². The molecule has 0 aromatic heterocycles. The quantitative estimate of drug-likeness (QED) is 0.633. The SMILES string of the molecule is COC(=O)[C@]1(C(C)=O)C=C1c1cccc(C(F)(F)F)c1. The van der Waals surface area contributed by atoms with Gasteiger partial charge in [0.15, 0.2) is 11.2 Å². The smallest absolute Gasteiger partial charge is 0.416 e. The molecule has 0 bridgehead atoms. The number of halogens is 3. The number of methoxy groups -OCH3 is 1. The Morgan fingerprint density at radius 2 is 1.90 bits per heavy atom. The number of carbonyl (C=O) groups excluding carboxylic acids is 2. The number of esters is 1. The highest BCUT2D eigenvalue weighted by Crippen LogP contribution is 2.53. The topological polar surface area (TPSA) is 43.4 Å². The summed E-state index contributed by atoms with van der Waals surface area (Å²) in [5.74, 6) is -1.26. The van der Waals surface area contributed by atoms with Gasteiger partial charge in [-0.05, 0) is 36.3 Å². The monoisotopic (exact) mass is 284 g/mol. The third-order valence-electron chi connectivity index (χ3n) is 3.27. The van der Waals surface area contributed by atoms with Crippen molar-refractivity contribution in [3.8, 4) is 0 Å². The van der Waals surface area contributed by atoms with E-state index in [0.29, 0.717) is 0 Å². The van der Waals surface area contributed by atoms with Gasteiger partial charge in [0.1, 0.15) is 0 Å². The van der Waals surface area contributed by atoms with E-state index in [4.69, 9.17) is 0 Å². The van der Waals surface area contributed by atoms with Crippen LogP contribution in [0.25, 0.3) is 5.57 Å². The van der Waals surface area contributed by atoms with Crippen LogP contribution in [0.5, 0.6) is 0 Å². The summed E-state index contributed by atoms with van der Waals surface area (Å²) >= 11 is 0. The minimum atomic E-state index is -4.48. The Labute approximate surface area is 113 Å². The molecule has 0 heterocycles. The zero-order valence-corrected chi connectivity index (χ0v) is 10.7. The van der Waals surface area contributed by atoms with E-state index in [2.05, 4.69) is 4.74 Å². The first kappa shape index (κ1) is 14.3. The fourth-order valence-corrected chi connectivity index (χ4v) is 2.12. The van der Waals surface area contributed by atoms with E-state index in [1.165, 1.54) is 25.1 Å². The molecule has 20 heavy (non-hydrogen) atoms. The van der Waals surface area contributed by atoms with Crippen LogP contribution in [-0.2, 0) is 20.5 Å². The van der Waals surface area contributed by atoms with E-state index in [-0.39, 0.29) is 11.1 Å². The maximum absolute atomic E-state index is 12.6. The standard InChI is InChI=1S/C14H11F3O3/c1-8(18)13(12(19)20-2)7-11(13)9-4-3-5-10(6-9)14(15,16)17/h3-7H,1-2H3/t13-/m0/s1. The molecule has 1 aromatic carbocycles. The fraction of sp³-hybridized carbons (Fsp3) is 0.286. The van der Waals surface area contributed by atoms with Gasteiger partial charge in [-0.25, -0.2) is 0 Å². The third-order valence-corrected chi connectivity index (χ3v) is 3.27. The molecule has 1 atom stereocenters. The van der Waals surface area contributed by atoms with Crippen molar-refractivity contribution in [2.24, 2.45) is 5.41 Å². The first-order chi connectivity index (χ1) is 9.23. The average molecular weight is 284 g/mol. The molecular weight excluding hydrogens is 273 g/mol. The lowest BCUT2D eigenvalue weighted by molar-refractivity contribution is -0.149. The van der Waals surface area contributed by atoms with Crippen molar-refractivity contribution in [2.45, 2.75) is 13.1 Å². The van der Waals surface area contributed by atoms with Crippen LogP contribution in [0.3, 0.4) is 0 Å². The Kier molecular flexibility index (Phi) is 3.20. The summed E-state index contributed by atoms with van der Waals surface area (Å²) in [7, 11) is 1.13. The summed E-state index contributed by atoms with van der Waals surface area (Å²) in [6.07, 6.45) is -3.15. The van der Waals surface area contributed by atoms with Gasteiger partial charge in [0.25, 0.3) is 0 Å². The molecule has 0 radical (unpaired) electrons. The molecule has 0 N–H and O–H groups in total. The predicted molar refractivity (Wildman–Crippen MR) is 64.6 cm³/mol. The van der Waals surface area contributed by atoms with Crippen LogP contribution in [0.15, 0.2) is 30.3 Å². The third kappa shape index (κ3) is 2.11. The normalized spacial score (nSPS) is 21.1. The van der Waals surface area contributed by atoms with E-state index in [1.807, 2.05) is 0 Å². The van der Waals surface area contributed by atoms with Crippen LogP contribution in [0.4, 0.5) is 13.2 Å². The van der Waals surface area contributed by atoms with Gasteiger partial charge in [-0.2, -0.15) is 13.2 Å². The highest BCUT2D eigenvalue weighted by atomic mass is 19.4. The first-order valence-electron chi connectivity index (χ1n) is 5.74. The van der Waals surface area contributed by atoms with Crippen molar-refractivity contribution in [1.29, 1.82) is 0 Å². The highest BCUT2D eigenvalue weighted by Gasteiger charge is 2.57. The number of ether oxygens (including phenoxy) is 1. The summed E-state index contributed by atoms with van der Waals surface area (Å²) < 4.78 is 42.5. The van der Waals surface area contributed by atoms with Crippen LogP contribution in [-0.4, -0.2) is 18.9 Å². The molecular formula is C14H11F3O3. The molecule has 0 unspecified atom stereocenters. The molecule has 1 aliphatic rings. The van der Waals surface area contributed by atoms with Crippen LogP contribution >= 0.6 is 0 Å². The Balaban J connectivity index is 2.38. The second-order valence-electron chi connectivity index (χ2n) is 4.49. The zero-order valence-electron chi connectivity index (χ0n) is 10.7. The van der Waals surface area contributed by atoms with E-state index >= 15 is 0 Å². The van der Waals surface area contributed by atoms with Gasteiger partial charge >= 0.3 is 12.1 Å². The number of rotatable bonds is 3. The van der Waals surface area contributed by atoms with Crippen LogP contribution in [0, 0.1) is 5.41 Å². The molecule has 3 nitrogen and oxygen atoms in total. The molecule has 1 aliphatic carbocycles. The van der Waals surface area contributed by atoms with E-state index in [1.54, 1.807) is 0 Å². The Hall–Kier alpha value is -2.11. The van der Waals surface area contributed by atoms with Crippen LogP contribution in [0.2, 0.25) is 0 Å². The van der Waals surface area contributed by atoms with Crippen molar-refractivity contribution in [1.82, 2.24) is 0 Å². The number of hydrogen-bond acceptors (Lipinski definition) is 3. The van der Waals surface area contributed by atoms with E-state index in [9.17, 15) is 22.8 Å². The summed E-state index contributed by atoms with van der Waals surface area (Å²) in [5.41, 5.74) is -1.91. The summed E-state index contributed by atoms with van der Waals surface area (Å²) in [4.78, 5) is 23.3. The number of carbonyl (C=O) groups is 2. The largest absolute Gasteiger partial charge is 0.468 e. The lowest BCUT2D eigenvalue weighted by Crippen LogP contribution is -2.28. The lowest BCUT2D eigenvalue weighted by atomic mass is 9.92. The van der Waals surface area contributed by atoms with Crippen LogP contribution < -0.4 is 0 Å². The lowest BCUT2D eigenvalue weighted by Gasteiger charge is -2.13. The van der Waals surface area contributed by atoms with Crippen molar-refractivity contribution >= 4 is 17.3 Å². The summed E-state index contributed by atoms with van der Waals surface area (Å²) in [6.45, 7) is 1.20. The summed E-state index contributed by atoms with van der Waals surface area (Å²) in [6, 6.07) is 4.51. The molecule has 2 rings (SSSR count). The van der Waals surface area contributed by atoms with Crippen molar-refractivity contribution < 1.29 is 27.5 Å². The molecule has 0 amide bonds. The van der Waals surface area contributed by atoms with Gasteiger partial charge in [-0.1, -0.05) is 12.1 Å². The Bertz CT molecular complexity index is 616. The zero-order chi connectivity index (χ0) is 15.1. The molecule has 0 spiro atoms. The maximum atomic E-state index is 12.6. The fourth-order valence-electron chi connectivity index (χ4n) is 2.12. The summed E-state index contributed by atoms with van der Waals surface area (Å²) in [5, 5.41) is 0. The highest BCUT2D eigenvalue weighted by molar-refractivity contribution is 6.24. The Morgan fingerprint density at radius 1 is 1.25 bits per heavy atom. The molecule has 0 saturated carbocycles. The molecule has 106 valence electrons. The number of benzene rings is 1. The maximum Gasteiger partial charge on any atom is 0.416 e. The first-order valence-corrected chi connectivity index (χ1v) is 5.74. The molecule has 1 aromatic rings. The van der Waals surface area contributed by atoms with Gasteiger partial charge in [0.05, 0.1) is 12.7 Å². The minimum Gasteiger partial charge on any atom is -0.468 e. The van der Waals surface area contributed by atoms with Crippen molar-refractivity contribution in [3.63, 3.8) is 0 Å². The van der Waals surface area contributed by atoms with Crippen LogP contribution in [0.1, 0.15) is 18.1 Å². The minimum absolute atomic E-state index is 0.195. The number of ketones is 1. The Morgan fingerprint density at radius 3 is 2.40 bits per heavy atom. The van der Waals surface area contributed by atoms with Crippen molar-refractivity contribution in [2.75, 3.05) is 7.11 Å². The second-order valence-corrected chi connectivity index (χ2v) is 4.49. The molecule has 6 heteroatoms. The number of Topliss-reactive ketones (excluding diaryl/α,β-unsaturated/α-hetero) is 1. The van der Waals surface area contributed by atoms with Gasteiger partial charge in [0.2, 0.25) is 0 Å². The van der Waals surface area contributed by atoms with Gasteiger partial charge in [0, 0.05) is 0 Å². The number of alkyl halides is 3. The number of hydrogen-bond donors (Lipinski definition) is 0. The van der Waals surface area contributed by atoms with E-state index in [0.717, 1.165) is 19.2 Å². The molecule has 0 saturated heterocycles. The second kappa shape index (κ2) is 4.47. The van der Waals surface area contributed by atoms with Crippen molar-refractivity contribution in [3.05, 3.63) is 41.5 Å². The molecule has 0 aliphatic heterocycles. The van der Waals surface area contributed by atoms with Gasteiger partial charge < -0.3 is 4.74 Å².